The summed E-state index contributed by atoms with van der Waals surface area (Å²) in [6.07, 6.45) is 2.99. The number of hydrogen-bond donors (Lipinski definition) is 2. The third-order valence-corrected chi connectivity index (χ3v) is 4.07. The Morgan fingerprint density at radius 2 is 2.42 bits per heavy atom. The van der Waals surface area contributed by atoms with Crippen molar-refractivity contribution in [3.63, 3.8) is 0 Å². The number of fused-ring (bicyclic) bond motifs is 2. The lowest BCUT2D eigenvalue weighted by Crippen LogP contribution is -2.44. The number of benzene rings is 1. The van der Waals surface area contributed by atoms with Crippen LogP contribution in [0.5, 0.6) is 0 Å². The number of nitrogens with one attached hydrogen (secondary N) is 1. The van der Waals surface area contributed by atoms with Gasteiger partial charge < -0.3 is 10.1 Å². The van der Waals surface area contributed by atoms with Crippen molar-refractivity contribution in [3.05, 3.63) is 41.3 Å². The Morgan fingerprint density at radius 3 is 3.26 bits per heavy atom. The molecule has 0 amide bonds. The van der Waals surface area contributed by atoms with Crippen LogP contribution >= 0.6 is 0 Å². The summed E-state index contributed by atoms with van der Waals surface area (Å²) < 4.78 is 37.6. The average molecular weight is 261 g/mol. The Hall–Kier alpha value is -1.65. The number of nitrogens with zero attached hydrogens (tertiary/aromatic N) is 1. The molecule has 4 heteroatoms. The van der Waals surface area contributed by atoms with Gasteiger partial charge in [0.1, 0.15) is 5.82 Å². The minimum atomic E-state index is -2.33. The second-order valence-electron chi connectivity index (χ2n) is 5.22. The molecule has 1 aliphatic heterocycles. The van der Waals surface area contributed by atoms with Crippen LogP contribution in [0.25, 0.3) is 16.5 Å². The van der Waals surface area contributed by atoms with Crippen molar-refractivity contribution in [2.75, 3.05) is 13.5 Å². The standard InChI is InChI=1S/C15H15FN2O/c1-18-7-9(19)5-10-13(18)4-8-6-17-12-3-2-11(16)15(10)14(8)12/h2-3,5-6,9,13,17,19H,4,7H2,1H3/t9-,13+/m0/s1/i1D3. The van der Waals surface area contributed by atoms with Crippen molar-refractivity contribution >= 4 is 16.5 Å². The molecule has 3 nitrogen and oxygen atoms in total. The molecule has 98 valence electrons. The normalized spacial score (nSPS) is 29.4. The monoisotopic (exact) mass is 261 g/mol. The number of aliphatic hydroxyl groups is 1. The van der Waals surface area contributed by atoms with E-state index in [1.165, 1.54) is 11.0 Å². The van der Waals surface area contributed by atoms with E-state index < -0.39 is 19.1 Å². The number of likely N-dealkylation sites (N-methyl/N-ethyl adjacent to an activating group) is 1. The largest absolute Gasteiger partial charge is 0.388 e. The molecule has 0 spiro atoms. The first-order chi connectivity index (χ1) is 10.4. The van der Waals surface area contributed by atoms with E-state index in [4.69, 9.17) is 4.11 Å². The first-order valence-corrected chi connectivity index (χ1v) is 6.31. The molecule has 1 aromatic carbocycles. The molecule has 0 bridgehead atoms. The Kier molecular flexibility index (Phi) is 1.65. The fourth-order valence-electron chi connectivity index (χ4n) is 3.26. The predicted octanol–water partition coefficient (Wildman–Crippen LogP) is 1.92. The maximum atomic E-state index is 14.4. The lowest BCUT2D eigenvalue weighted by atomic mass is 9.81. The minimum absolute atomic E-state index is 0.0298. The molecule has 2 aromatic rings. The van der Waals surface area contributed by atoms with Crippen LogP contribution in [0.15, 0.2) is 24.4 Å². The Bertz CT molecular complexity index is 796. The number of H-pyrrole nitrogens is 1. The van der Waals surface area contributed by atoms with Crippen LogP contribution in [-0.2, 0) is 6.42 Å². The fraction of sp³-hybridized carbons (Fsp3) is 0.333. The van der Waals surface area contributed by atoms with Crippen LogP contribution in [0, 0.1) is 5.82 Å². The van der Waals surface area contributed by atoms with Gasteiger partial charge in [0.25, 0.3) is 0 Å². The highest BCUT2D eigenvalue weighted by atomic mass is 19.1. The Morgan fingerprint density at radius 1 is 1.53 bits per heavy atom. The van der Waals surface area contributed by atoms with Gasteiger partial charge in [-0.2, -0.15) is 0 Å². The van der Waals surface area contributed by atoms with E-state index in [0.717, 1.165) is 16.5 Å². The highest BCUT2D eigenvalue weighted by molar-refractivity contribution is 5.98. The van der Waals surface area contributed by atoms with Gasteiger partial charge in [-0.25, -0.2) is 4.39 Å². The number of aromatic amines is 1. The first kappa shape index (κ1) is 8.51. The molecular weight excluding hydrogens is 243 g/mol. The second-order valence-corrected chi connectivity index (χ2v) is 5.22. The number of hydrogen-bond acceptors (Lipinski definition) is 2. The van der Waals surface area contributed by atoms with Crippen LogP contribution in [0.1, 0.15) is 15.2 Å². The highest BCUT2D eigenvalue weighted by Crippen LogP contribution is 2.41. The van der Waals surface area contributed by atoms with Gasteiger partial charge in [-0.3, -0.25) is 4.90 Å². The van der Waals surface area contributed by atoms with Gasteiger partial charge in [0.05, 0.1) is 6.10 Å². The number of rotatable bonds is 0. The molecule has 2 heterocycles. The zero-order valence-electron chi connectivity index (χ0n) is 13.2. The molecule has 1 aromatic heterocycles. The Balaban J connectivity index is 1.97. The van der Waals surface area contributed by atoms with Crippen molar-refractivity contribution in [2.45, 2.75) is 18.6 Å². The lowest BCUT2D eigenvalue weighted by Gasteiger charge is -2.38. The van der Waals surface area contributed by atoms with Crippen molar-refractivity contribution < 1.29 is 13.6 Å². The molecule has 0 unspecified atom stereocenters. The zero-order chi connectivity index (χ0) is 15.6. The average Bonchev–Trinajstić information content (AvgIpc) is 2.84. The summed E-state index contributed by atoms with van der Waals surface area (Å²) >= 11 is 0. The van der Waals surface area contributed by atoms with Gasteiger partial charge in [-0.1, -0.05) is 0 Å². The van der Waals surface area contributed by atoms with Gasteiger partial charge in [0.15, 0.2) is 0 Å². The fourth-order valence-corrected chi connectivity index (χ4v) is 3.26. The van der Waals surface area contributed by atoms with Gasteiger partial charge >= 0.3 is 0 Å². The molecule has 2 N–H and O–H groups in total. The van der Waals surface area contributed by atoms with Crippen molar-refractivity contribution in [3.8, 4) is 0 Å². The van der Waals surface area contributed by atoms with Crippen LogP contribution in [-0.4, -0.2) is 40.7 Å². The topological polar surface area (TPSA) is 39.3 Å². The molecule has 19 heavy (non-hydrogen) atoms. The molecular formula is C15H15FN2O. The van der Waals surface area contributed by atoms with Gasteiger partial charge in [-0.05, 0) is 42.7 Å². The molecule has 0 fully saturated rings. The third kappa shape index (κ3) is 1.44. The zero-order valence-corrected chi connectivity index (χ0v) is 10.2. The minimum Gasteiger partial charge on any atom is -0.388 e. The van der Waals surface area contributed by atoms with E-state index in [9.17, 15) is 9.50 Å². The van der Waals surface area contributed by atoms with E-state index >= 15 is 0 Å². The Labute approximate surface area is 114 Å². The van der Waals surface area contributed by atoms with Gasteiger partial charge in [0.2, 0.25) is 0 Å². The molecule has 4 rings (SSSR count). The summed E-state index contributed by atoms with van der Waals surface area (Å²) in [6, 6.07) is 2.61. The van der Waals surface area contributed by atoms with Gasteiger partial charge in [0, 0.05) is 39.4 Å². The maximum Gasteiger partial charge on any atom is 0.131 e. The molecule has 0 saturated carbocycles. The number of halogens is 1. The van der Waals surface area contributed by atoms with Crippen LogP contribution in [0.3, 0.4) is 0 Å². The smallest absolute Gasteiger partial charge is 0.131 e. The second kappa shape index (κ2) is 3.68. The van der Waals surface area contributed by atoms with Crippen LogP contribution in [0.4, 0.5) is 4.39 Å². The van der Waals surface area contributed by atoms with Crippen LogP contribution in [0.2, 0.25) is 0 Å². The summed E-state index contributed by atoms with van der Waals surface area (Å²) in [5, 5.41) is 10.8. The maximum absolute atomic E-state index is 14.4. The summed E-state index contributed by atoms with van der Waals surface area (Å²) in [6.45, 7) is -2.30. The van der Waals surface area contributed by atoms with E-state index in [-0.39, 0.29) is 12.4 Å². The molecule has 0 radical (unpaired) electrons. The highest BCUT2D eigenvalue weighted by Gasteiger charge is 2.34. The van der Waals surface area contributed by atoms with Crippen molar-refractivity contribution in [2.24, 2.45) is 0 Å². The lowest BCUT2D eigenvalue weighted by molar-refractivity contribution is 0.139. The molecule has 2 atom stereocenters. The summed E-state index contributed by atoms with van der Waals surface area (Å²) in [5.74, 6) is -0.385. The van der Waals surface area contributed by atoms with Gasteiger partial charge in [-0.15, -0.1) is 0 Å². The third-order valence-electron chi connectivity index (χ3n) is 4.07. The van der Waals surface area contributed by atoms with E-state index in [2.05, 4.69) is 4.98 Å². The van der Waals surface area contributed by atoms with Crippen LogP contribution < -0.4 is 0 Å². The first-order valence-electron chi connectivity index (χ1n) is 7.81. The summed E-state index contributed by atoms with van der Waals surface area (Å²) in [5.41, 5.74) is 2.73. The predicted molar refractivity (Wildman–Crippen MR) is 72.4 cm³/mol. The number of aromatic nitrogens is 1. The molecule has 1 aliphatic carbocycles. The quantitative estimate of drug-likeness (QED) is 0.760. The number of β-amino-alcohol motifs (C(OH)–C–C–N with tert-alkyl or cyclic N) is 1. The van der Waals surface area contributed by atoms with E-state index in [1.54, 1.807) is 12.1 Å². The number of aliphatic hydroxyl groups excluding tert-OH is 1. The van der Waals surface area contributed by atoms with E-state index in [1.807, 2.05) is 6.20 Å². The van der Waals surface area contributed by atoms with Crippen molar-refractivity contribution in [1.29, 1.82) is 0 Å². The summed E-state index contributed by atoms with van der Waals surface area (Å²) in [7, 11) is 0. The summed E-state index contributed by atoms with van der Waals surface area (Å²) in [4.78, 5) is 4.40. The van der Waals surface area contributed by atoms with E-state index in [0.29, 0.717) is 17.6 Å². The van der Waals surface area contributed by atoms with Crippen molar-refractivity contribution in [1.82, 2.24) is 9.88 Å². The SMILES string of the molecule is [2H]C([2H])([2H])N1C[C@@H](O)C=C2c3c(F)ccc4[nH]cc(c34)C[C@H]21. The molecule has 0 saturated heterocycles. The molecule has 2 aliphatic rings.